The minimum Gasteiger partial charge on any atom is -0.508 e. The van der Waals surface area contributed by atoms with Crippen LogP contribution in [-0.2, 0) is 25.7 Å². The van der Waals surface area contributed by atoms with Gasteiger partial charge in [-0.05, 0) is 50.4 Å². The van der Waals surface area contributed by atoms with Crippen LogP contribution in [0.1, 0.15) is 37.7 Å². The molecule has 34 heavy (non-hydrogen) atoms. The molecule has 3 saturated heterocycles. The van der Waals surface area contributed by atoms with E-state index in [0.29, 0.717) is 51.9 Å². The van der Waals surface area contributed by atoms with Crippen LogP contribution in [0.25, 0.3) is 0 Å². The van der Waals surface area contributed by atoms with Crippen LogP contribution in [-0.4, -0.2) is 96.1 Å². The highest BCUT2D eigenvalue weighted by Crippen LogP contribution is 2.29. The Morgan fingerprint density at radius 1 is 1.12 bits per heavy atom. The molecule has 0 saturated carbocycles. The first kappa shape index (κ1) is 24.5. The fourth-order valence-electron chi connectivity index (χ4n) is 5.64. The number of likely N-dealkylation sites (N-methyl/N-ethyl adjacent to an activating group) is 1. The van der Waals surface area contributed by atoms with Crippen molar-refractivity contribution in [1.82, 2.24) is 20.0 Å². The molecule has 0 aliphatic carbocycles. The Bertz CT molecular complexity index is 884. The van der Waals surface area contributed by atoms with Crippen molar-refractivity contribution in [1.29, 1.82) is 0 Å². The Morgan fingerprint density at radius 3 is 2.50 bits per heavy atom. The number of nitrogens with zero attached hydrogens (tertiary/aromatic N) is 3. The van der Waals surface area contributed by atoms with Crippen LogP contribution in [0, 0.1) is 5.92 Å². The zero-order valence-electron chi connectivity index (χ0n) is 20.1. The number of fused-ring (bicyclic) bond motifs is 1. The summed E-state index contributed by atoms with van der Waals surface area (Å²) in [5.41, 5.74) is 1.07. The summed E-state index contributed by atoms with van der Waals surface area (Å²) in [6.45, 7) is 3.20. The zero-order valence-corrected chi connectivity index (χ0v) is 20.1. The minimum atomic E-state index is -0.225. The highest BCUT2D eigenvalue weighted by molar-refractivity contribution is 5.83. The first-order valence-corrected chi connectivity index (χ1v) is 12.2. The normalized spacial score (nSPS) is 26.6. The van der Waals surface area contributed by atoms with E-state index in [4.69, 9.17) is 4.74 Å². The molecular formula is C25H36N4O5. The van der Waals surface area contributed by atoms with Crippen molar-refractivity contribution in [2.24, 2.45) is 5.92 Å². The minimum absolute atomic E-state index is 0.0480. The number of hydrogen-bond donors (Lipinski definition) is 2. The predicted molar refractivity (Wildman–Crippen MR) is 126 cm³/mol. The van der Waals surface area contributed by atoms with Crippen molar-refractivity contribution in [3.8, 4) is 5.75 Å². The number of ether oxygens (including phenoxy) is 1. The van der Waals surface area contributed by atoms with Crippen molar-refractivity contribution in [2.45, 2.75) is 56.8 Å². The van der Waals surface area contributed by atoms with E-state index < -0.39 is 0 Å². The summed E-state index contributed by atoms with van der Waals surface area (Å²) in [5, 5.41) is 12.6. The van der Waals surface area contributed by atoms with E-state index in [1.165, 1.54) is 7.11 Å². The van der Waals surface area contributed by atoms with Gasteiger partial charge in [-0.3, -0.25) is 24.2 Å². The predicted octanol–water partition coefficient (Wildman–Crippen LogP) is 0.957. The van der Waals surface area contributed by atoms with Gasteiger partial charge in [-0.25, -0.2) is 0 Å². The van der Waals surface area contributed by atoms with Crippen LogP contribution in [0.15, 0.2) is 24.3 Å². The van der Waals surface area contributed by atoms with E-state index in [1.807, 2.05) is 17.0 Å². The molecule has 3 heterocycles. The number of methoxy groups -OCH3 is 1. The van der Waals surface area contributed by atoms with Crippen molar-refractivity contribution in [2.75, 3.05) is 40.3 Å². The van der Waals surface area contributed by atoms with E-state index in [1.54, 1.807) is 12.1 Å². The Kier molecular flexibility index (Phi) is 7.73. The lowest BCUT2D eigenvalue weighted by molar-refractivity contribution is -0.149. The molecule has 2 N–H and O–H groups in total. The number of benzene rings is 1. The standard InChI is InChI=1S/C25H36N4O5/c1-27-19(5-8-22(31)28-12-9-18(10-13-28)25(33)34-2)15-26-24(32)23-21(27)11-14-29(23)16-17-3-6-20(30)7-4-17/h3-4,6-7,18-19,21,23,30H,5,8-16H2,1-2H3,(H,26,32). The van der Waals surface area contributed by atoms with Crippen LogP contribution >= 0.6 is 0 Å². The van der Waals surface area contributed by atoms with Crippen molar-refractivity contribution < 1.29 is 24.2 Å². The Hall–Kier alpha value is -2.65. The molecule has 3 atom stereocenters. The number of esters is 1. The molecule has 3 unspecified atom stereocenters. The maximum atomic E-state index is 13.0. The van der Waals surface area contributed by atoms with Gasteiger partial charge < -0.3 is 20.1 Å². The average molecular weight is 473 g/mol. The molecule has 0 aromatic heterocycles. The van der Waals surface area contributed by atoms with Gasteiger partial charge in [0.2, 0.25) is 11.8 Å². The van der Waals surface area contributed by atoms with Crippen molar-refractivity contribution in [3.63, 3.8) is 0 Å². The molecule has 2 amide bonds. The number of phenolic OH excluding ortho intramolecular Hbond substituents is 1. The summed E-state index contributed by atoms with van der Waals surface area (Å²) < 4.78 is 4.83. The van der Waals surface area contributed by atoms with Gasteiger partial charge in [0.1, 0.15) is 11.8 Å². The van der Waals surface area contributed by atoms with Crippen LogP contribution < -0.4 is 5.32 Å². The zero-order chi connectivity index (χ0) is 24.2. The molecule has 0 spiro atoms. The molecule has 4 rings (SSSR count). The molecule has 1 aromatic carbocycles. The number of rotatable bonds is 6. The number of phenols is 1. The molecular weight excluding hydrogens is 436 g/mol. The lowest BCUT2D eigenvalue weighted by Gasteiger charge is -2.34. The van der Waals surface area contributed by atoms with E-state index >= 15 is 0 Å². The molecule has 1 aromatic rings. The lowest BCUT2D eigenvalue weighted by Crippen LogP contribution is -2.49. The van der Waals surface area contributed by atoms with E-state index in [9.17, 15) is 19.5 Å². The Morgan fingerprint density at radius 2 is 1.82 bits per heavy atom. The van der Waals surface area contributed by atoms with Gasteiger partial charge in [-0.2, -0.15) is 0 Å². The molecule has 3 aliphatic rings. The van der Waals surface area contributed by atoms with E-state index in [0.717, 1.165) is 18.5 Å². The number of likely N-dealkylation sites (tertiary alicyclic amines) is 2. The molecule has 0 radical (unpaired) electrons. The SMILES string of the molecule is COC(=O)C1CCN(C(=O)CCC2CNC(=O)C3C(CCN3Cc3ccc(O)cc3)N2C)CC1. The quantitative estimate of drug-likeness (QED) is 0.595. The fourth-order valence-corrected chi connectivity index (χ4v) is 5.64. The first-order chi connectivity index (χ1) is 16.4. The monoisotopic (exact) mass is 472 g/mol. The highest BCUT2D eigenvalue weighted by Gasteiger charge is 2.45. The van der Waals surface area contributed by atoms with Crippen LogP contribution in [0.4, 0.5) is 0 Å². The summed E-state index contributed by atoms with van der Waals surface area (Å²) >= 11 is 0. The largest absolute Gasteiger partial charge is 0.508 e. The second kappa shape index (κ2) is 10.7. The average Bonchev–Trinajstić information content (AvgIpc) is 3.23. The Balaban J connectivity index is 1.31. The Labute approximate surface area is 201 Å². The molecule has 9 nitrogen and oxygen atoms in total. The summed E-state index contributed by atoms with van der Waals surface area (Å²) in [5.74, 6) is 0.103. The second-order valence-electron chi connectivity index (χ2n) is 9.72. The van der Waals surface area contributed by atoms with Gasteiger partial charge in [0.05, 0.1) is 13.0 Å². The number of nitrogens with one attached hydrogen (secondary N) is 1. The maximum Gasteiger partial charge on any atom is 0.308 e. The fraction of sp³-hybridized carbons (Fsp3) is 0.640. The molecule has 9 heteroatoms. The number of amides is 2. The third-order valence-corrected chi connectivity index (χ3v) is 7.75. The first-order valence-electron chi connectivity index (χ1n) is 12.2. The number of piperidine rings is 1. The molecule has 3 aliphatic heterocycles. The number of hydrogen-bond acceptors (Lipinski definition) is 7. The smallest absolute Gasteiger partial charge is 0.308 e. The second-order valence-corrected chi connectivity index (χ2v) is 9.72. The summed E-state index contributed by atoms with van der Waals surface area (Å²) in [6.07, 6.45) is 3.32. The summed E-state index contributed by atoms with van der Waals surface area (Å²) in [4.78, 5) is 43.9. The third-order valence-electron chi connectivity index (χ3n) is 7.75. The van der Waals surface area contributed by atoms with Gasteiger partial charge >= 0.3 is 5.97 Å². The van der Waals surface area contributed by atoms with Crippen molar-refractivity contribution in [3.05, 3.63) is 29.8 Å². The number of carbonyl (C=O) groups excluding carboxylic acids is 3. The van der Waals surface area contributed by atoms with Gasteiger partial charge in [0, 0.05) is 51.2 Å². The van der Waals surface area contributed by atoms with Crippen LogP contribution in [0.3, 0.4) is 0 Å². The van der Waals surface area contributed by atoms with E-state index in [2.05, 4.69) is 22.2 Å². The van der Waals surface area contributed by atoms with Gasteiger partial charge in [0.25, 0.3) is 0 Å². The third kappa shape index (κ3) is 5.36. The molecule has 3 fully saturated rings. The molecule has 0 bridgehead atoms. The number of carbonyl (C=O) groups is 3. The van der Waals surface area contributed by atoms with Crippen molar-refractivity contribution >= 4 is 17.8 Å². The van der Waals surface area contributed by atoms with Crippen LogP contribution in [0.2, 0.25) is 0 Å². The molecule has 186 valence electrons. The van der Waals surface area contributed by atoms with E-state index in [-0.39, 0.29) is 47.6 Å². The maximum absolute atomic E-state index is 13.0. The van der Waals surface area contributed by atoms with Gasteiger partial charge in [0.15, 0.2) is 0 Å². The van der Waals surface area contributed by atoms with Gasteiger partial charge in [-0.1, -0.05) is 12.1 Å². The van der Waals surface area contributed by atoms with Crippen LogP contribution in [0.5, 0.6) is 5.75 Å². The van der Waals surface area contributed by atoms with Gasteiger partial charge in [-0.15, -0.1) is 0 Å². The number of aromatic hydroxyl groups is 1. The summed E-state index contributed by atoms with van der Waals surface area (Å²) in [7, 11) is 3.47. The lowest BCUT2D eigenvalue weighted by atomic mass is 9.96. The topological polar surface area (TPSA) is 102 Å². The summed E-state index contributed by atoms with van der Waals surface area (Å²) in [6, 6.07) is 7.11. The highest BCUT2D eigenvalue weighted by atomic mass is 16.5.